The number of rotatable bonds is 7. The van der Waals surface area contributed by atoms with E-state index in [1.165, 1.54) is 33.4 Å². The van der Waals surface area contributed by atoms with Crippen LogP contribution in [0.1, 0.15) is 20.8 Å². The predicted molar refractivity (Wildman–Crippen MR) is 109 cm³/mol. The van der Waals surface area contributed by atoms with Crippen LogP contribution < -0.4 is 11.0 Å². The van der Waals surface area contributed by atoms with Crippen molar-refractivity contribution in [2.75, 3.05) is 11.9 Å². The van der Waals surface area contributed by atoms with Gasteiger partial charge in [-0.05, 0) is 57.2 Å². The van der Waals surface area contributed by atoms with E-state index in [2.05, 4.69) is 10.3 Å². The molecule has 0 aliphatic rings. The summed E-state index contributed by atoms with van der Waals surface area (Å²) in [6, 6.07) is 9.38. The maximum Gasteiger partial charge on any atom is 0.333 e. The van der Waals surface area contributed by atoms with Crippen LogP contribution in [0.4, 0.5) is 10.2 Å². The Kier molecular flexibility index (Phi) is 6.11. The number of hydrogen-bond acceptors (Lipinski definition) is 5. The minimum atomic E-state index is -0.505. The van der Waals surface area contributed by atoms with Gasteiger partial charge in [-0.3, -0.25) is 13.9 Å². The van der Waals surface area contributed by atoms with Crippen molar-refractivity contribution in [2.45, 2.75) is 33.4 Å². The predicted octanol–water partition coefficient (Wildman–Crippen LogP) is 3.22. The quantitative estimate of drug-likeness (QED) is 0.619. The SMILES string of the molecule is CCOC(=O)Cn1cc(-c2ccnc(NC(C)C)c2)n(-c2ccc(F)cc2)c1=O. The van der Waals surface area contributed by atoms with Gasteiger partial charge >= 0.3 is 11.7 Å². The number of esters is 1. The van der Waals surface area contributed by atoms with Crippen LogP contribution in [0.2, 0.25) is 0 Å². The number of carbonyl (C=O) groups is 1. The lowest BCUT2D eigenvalue weighted by Crippen LogP contribution is -2.27. The van der Waals surface area contributed by atoms with Crippen molar-refractivity contribution in [3.63, 3.8) is 0 Å². The number of pyridine rings is 1. The smallest absolute Gasteiger partial charge is 0.333 e. The van der Waals surface area contributed by atoms with Crippen LogP contribution >= 0.6 is 0 Å². The molecule has 7 nitrogen and oxygen atoms in total. The highest BCUT2D eigenvalue weighted by atomic mass is 19.1. The minimum absolute atomic E-state index is 0.186. The zero-order chi connectivity index (χ0) is 21.0. The second-order valence-electron chi connectivity index (χ2n) is 6.77. The van der Waals surface area contributed by atoms with E-state index in [1.54, 1.807) is 25.4 Å². The van der Waals surface area contributed by atoms with Crippen molar-refractivity contribution in [3.05, 3.63) is 65.1 Å². The van der Waals surface area contributed by atoms with Crippen molar-refractivity contribution in [3.8, 4) is 16.9 Å². The van der Waals surface area contributed by atoms with Crippen LogP contribution in [0.15, 0.2) is 53.6 Å². The molecule has 1 aromatic carbocycles. The van der Waals surface area contributed by atoms with Gasteiger partial charge < -0.3 is 10.1 Å². The monoisotopic (exact) mass is 398 g/mol. The summed E-state index contributed by atoms with van der Waals surface area (Å²) < 4.78 is 21.1. The molecule has 29 heavy (non-hydrogen) atoms. The Morgan fingerprint density at radius 3 is 2.62 bits per heavy atom. The zero-order valence-corrected chi connectivity index (χ0v) is 16.6. The van der Waals surface area contributed by atoms with Crippen LogP contribution in [0.25, 0.3) is 16.9 Å². The Morgan fingerprint density at radius 2 is 1.97 bits per heavy atom. The molecule has 0 atom stereocenters. The Bertz CT molecular complexity index is 1050. The lowest BCUT2D eigenvalue weighted by atomic mass is 10.2. The second kappa shape index (κ2) is 8.72. The van der Waals surface area contributed by atoms with Crippen LogP contribution in [-0.2, 0) is 16.1 Å². The Balaban J connectivity index is 2.13. The van der Waals surface area contributed by atoms with Gasteiger partial charge in [0, 0.05) is 24.0 Å². The topological polar surface area (TPSA) is 78.2 Å². The number of halogens is 1. The van der Waals surface area contributed by atoms with Crippen molar-refractivity contribution in [2.24, 2.45) is 0 Å². The molecule has 0 saturated carbocycles. The molecule has 0 bridgehead atoms. The molecule has 3 aromatic rings. The molecule has 0 fully saturated rings. The third kappa shape index (κ3) is 4.71. The van der Waals surface area contributed by atoms with Gasteiger partial charge in [0.2, 0.25) is 0 Å². The molecule has 0 aliphatic carbocycles. The highest BCUT2D eigenvalue weighted by Gasteiger charge is 2.17. The van der Waals surface area contributed by atoms with Crippen molar-refractivity contribution < 1.29 is 13.9 Å². The van der Waals surface area contributed by atoms with E-state index in [9.17, 15) is 14.0 Å². The first kappa shape index (κ1) is 20.3. The van der Waals surface area contributed by atoms with Crippen molar-refractivity contribution in [1.29, 1.82) is 0 Å². The number of nitrogens with one attached hydrogen (secondary N) is 1. The fourth-order valence-corrected chi connectivity index (χ4v) is 2.96. The fraction of sp³-hybridized carbons (Fsp3) is 0.286. The number of imidazole rings is 1. The summed E-state index contributed by atoms with van der Waals surface area (Å²) >= 11 is 0. The molecule has 152 valence electrons. The molecule has 1 N–H and O–H groups in total. The summed E-state index contributed by atoms with van der Waals surface area (Å²) in [6.45, 7) is 5.72. The molecule has 2 aromatic heterocycles. The van der Waals surface area contributed by atoms with Crippen LogP contribution in [0.3, 0.4) is 0 Å². The summed E-state index contributed by atoms with van der Waals surface area (Å²) in [6.07, 6.45) is 3.24. The number of carbonyl (C=O) groups excluding carboxylic acids is 1. The van der Waals surface area contributed by atoms with Crippen molar-refractivity contribution >= 4 is 11.8 Å². The summed E-state index contributed by atoms with van der Waals surface area (Å²) in [4.78, 5) is 29.3. The number of aromatic nitrogens is 3. The van der Waals surface area contributed by atoms with Gasteiger partial charge in [0.1, 0.15) is 18.2 Å². The first-order chi connectivity index (χ1) is 13.9. The van der Waals surface area contributed by atoms with Gasteiger partial charge in [-0.2, -0.15) is 0 Å². The lowest BCUT2D eigenvalue weighted by Gasteiger charge is -2.11. The first-order valence-electron chi connectivity index (χ1n) is 9.35. The molecular weight excluding hydrogens is 375 g/mol. The number of anilines is 1. The summed E-state index contributed by atoms with van der Waals surface area (Å²) in [5, 5.41) is 3.22. The summed E-state index contributed by atoms with van der Waals surface area (Å²) in [5.41, 5.74) is 1.35. The summed E-state index contributed by atoms with van der Waals surface area (Å²) in [5.74, 6) is -0.246. The maximum atomic E-state index is 13.4. The Morgan fingerprint density at radius 1 is 1.24 bits per heavy atom. The van der Waals surface area contributed by atoms with Gasteiger partial charge in [-0.25, -0.2) is 14.2 Å². The summed E-state index contributed by atoms with van der Waals surface area (Å²) in [7, 11) is 0. The van der Waals surface area contributed by atoms with E-state index in [0.717, 1.165) is 5.56 Å². The molecule has 3 rings (SSSR count). The highest BCUT2D eigenvalue weighted by molar-refractivity contribution is 5.70. The normalized spacial score (nSPS) is 10.9. The van der Waals surface area contributed by atoms with Crippen molar-refractivity contribution in [1.82, 2.24) is 14.1 Å². The Hall–Kier alpha value is -3.42. The van der Waals surface area contributed by atoms with Gasteiger partial charge in [0.25, 0.3) is 0 Å². The molecule has 0 spiro atoms. The Labute approximate surface area is 167 Å². The molecule has 0 radical (unpaired) electrons. The van der Waals surface area contributed by atoms with E-state index in [0.29, 0.717) is 17.2 Å². The zero-order valence-electron chi connectivity index (χ0n) is 16.6. The molecule has 0 amide bonds. The minimum Gasteiger partial charge on any atom is -0.465 e. The molecule has 2 heterocycles. The van der Waals surface area contributed by atoms with E-state index in [-0.39, 0.29) is 19.2 Å². The van der Waals surface area contributed by atoms with E-state index < -0.39 is 17.5 Å². The molecule has 0 unspecified atom stereocenters. The van der Waals surface area contributed by atoms with Gasteiger partial charge in [0.05, 0.1) is 18.0 Å². The van der Waals surface area contributed by atoms with Crippen LogP contribution in [0.5, 0.6) is 0 Å². The van der Waals surface area contributed by atoms with Crippen LogP contribution in [-0.4, -0.2) is 32.7 Å². The maximum absolute atomic E-state index is 13.4. The average Bonchev–Trinajstić information content (AvgIpc) is 2.99. The van der Waals surface area contributed by atoms with E-state index in [4.69, 9.17) is 4.74 Å². The van der Waals surface area contributed by atoms with Gasteiger partial charge in [0.15, 0.2) is 0 Å². The van der Waals surface area contributed by atoms with Gasteiger partial charge in [-0.15, -0.1) is 0 Å². The molecular formula is C21H23FN4O3. The van der Waals surface area contributed by atoms with Gasteiger partial charge in [-0.1, -0.05) is 0 Å². The average molecular weight is 398 g/mol. The number of nitrogens with zero attached hydrogens (tertiary/aromatic N) is 3. The largest absolute Gasteiger partial charge is 0.465 e. The molecule has 8 heteroatoms. The highest BCUT2D eigenvalue weighted by Crippen LogP contribution is 2.24. The number of benzene rings is 1. The standard InChI is InChI=1S/C21H23FN4O3/c1-4-29-20(27)13-25-12-18(15-9-10-23-19(11-15)24-14(2)3)26(21(25)28)17-7-5-16(22)6-8-17/h5-12,14H,4,13H2,1-3H3,(H,23,24). The van der Waals surface area contributed by atoms with Crippen LogP contribution in [0, 0.1) is 5.82 Å². The van der Waals surface area contributed by atoms with E-state index >= 15 is 0 Å². The molecule has 0 aliphatic heterocycles. The number of hydrogen-bond donors (Lipinski definition) is 1. The number of ether oxygens (including phenoxy) is 1. The van der Waals surface area contributed by atoms with E-state index in [1.807, 2.05) is 19.9 Å². The third-order valence-electron chi connectivity index (χ3n) is 4.14. The fourth-order valence-electron chi connectivity index (χ4n) is 2.96. The second-order valence-corrected chi connectivity index (χ2v) is 6.77. The molecule has 0 saturated heterocycles. The first-order valence-corrected chi connectivity index (χ1v) is 9.35. The lowest BCUT2D eigenvalue weighted by molar-refractivity contribution is -0.143. The third-order valence-corrected chi connectivity index (χ3v) is 4.14.